The first-order valence-electron chi connectivity index (χ1n) is 6.47. The Kier molecular flexibility index (Phi) is 3.07. The molecule has 0 saturated heterocycles. The van der Waals surface area contributed by atoms with Crippen LogP contribution in [0.1, 0.15) is 30.5 Å². The van der Waals surface area contributed by atoms with Crippen molar-refractivity contribution in [3.63, 3.8) is 0 Å². The molecule has 0 radical (unpaired) electrons. The van der Waals surface area contributed by atoms with E-state index in [1.165, 1.54) is 15.3 Å². The molecule has 3 rings (SSSR count). The number of aryl methyl sites for hydroxylation is 1. The van der Waals surface area contributed by atoms with Gasteiger partial charge in [0.2, 0.25) is 0 Å². The van der Waals surface area contributed by atoms with E-state index in [2.05, 4.69) is 43.1 Å². The molecule has 96 valence electrons. The van der Waals surface area contributed by atoms with Gasteiger partial charge >= 0.3 is 0 Å². The van der Waals surface area contributed by atoms with Crippen molar-refractivity contribution in [3.8, 4) is 11.1 Å². The average Bonchev–Trinajstić information content (AvgIpc) is 2.82. The molecule has 0 atom stereocenters. The van der Waals surface area contributed by atoms with Gasteiger partial charge in [0, 0.05) is 23.4 Å². The van der Waals surface area contributed by atoms with Gasteiger partial charge in [0.15, 0.2) is 0 Å². The lowest BCUT2D eigenvalue weighted by Gasteiger charge is -2.01. The first-order valence-corrected chi connectivity index (χ1v) is 7.28. The van der Waals surface area contributed by atoms with Crippen LogP contribution in [-0.4, -0.2) is 9.97 Å². The molecular formula is C16H16N2S. The Hall–Kier alpha value is -1.74. The minimum Gasteiger partial charge on any atom is -0.261 e. The van der Waals surface area contributed by atoms with Crippen molar-refractivity contribution < 1.29 is 0 Å². The molecule has 0 aliphatic heterocycles. The van der Waals surface area contributed by atoms with Crippen LogP contribution in [0.3, 0.4) is 0 Å². The van der Waals surface area contributed by atoms with Crippen LogP contribution >= 0.6 is 11.3 Å². The highest BCUT2D eigenvalue weighted by atomic mass is 32.1. The maximum Gasteiger partial charge on any atom is 0.0963 e. The molecular weight excluding hydrogens is 252 g/mol. The van der Waals surface area contributed by atoms with E-state index in [4.69, 9.17) is 4.98 Å². The molecule has 2 nitrogen and oxygen atoms in total. The smallest absolute Gasteiger partial charge is 0.0963 e. The van der Waals surface area contributed by atoms with E-state index in [9.17, 15) is 0 Å². The Morgan fingerprint density at radius 2 is 1.84 bits per heavy atom. The highest BCUT2D eigenvalue weighted by Crippen LogP contribution is 2.30. The molecule has 0 aliphatic carbocycles. The van der Waals surface area contributed by atoms with Gasteiger partial charge in [-0.1, -0.05) is 26.0 Å². The largest absolute Gasteiger partial charge is 0.261 e. The molecule has 0 N–H and O–H groups in total. The van der Waals surface area contributed by atoms with E-state index >= 15 is 0 Å². The molecule has 2 heterocycles. The minimum absolute atomic E-state index is 0.488. The standard InChI is InChI=1S/C16H16N2S/c1-10(2)16-18-14-8-12(6-7-15(14)19-16)13-5-4-11(3)17-9-13/h4-10H,1-3H3. The minimum atomic E-state index is 0.488. The second-order valence-corrected chi connectivity index (χ2v) is 6.14. The first-order chi connectivity index (χ1) is 9.13. The van der Waals surface area contributed by atoms with Crippen molar-refractivity contribution in [1.82, 2.24) is 9.97 Å². The van der Waals surface area contributed by atoms with Crippen LogP contribution in [0.25, 0.3) is 21.3 Å². The highest BCUT2D eigenvalue weighted by molar-refractivity contribution is 7.18. The lowest BCUT2D eigenvalue weighted by molar-refractivity contribution is 0.857. The van der Waals surface area contributed by atoms with E-state index < -0.39 is 0 Å². The van der Waals surface area contributed by atoms with Crippen molar-refractivity contribution in [2.24, 2.45) is 0 Å². The summed E-state index contributed by atoms with van der Waals surface area (Å²) in [5.41, 5.74) is 4.46. The summed E-state index contributed by atoms with van der Waals surface area (Å²) < 4.78 is 1.26. The van der Waals surface area contributed by atoms with Crippen LogP contribution in [0, 0.1) is 6.92 Å². The van der Waals surface area contributed by atoms with Gasteiger partial charge < -0.3 is 0 Å². The molecule has 3 aromatic rings. The summed E-state index contributed by atoms with van der Waals surface area (Å²) in [6.45, 7) is 6.37. The highest BCUT2D eigenvalue weighted by Gasteiger charge is 2.08. The van der Waals surface area contributed by atoms with Crippen LogP contribution in [-0.2, 0) is 0 Å². The van der Waals surface area contributed by atoms with Crippen molar-refractivity contribution in [3.05, 3.63) is 47.2 Å². The fraction of sp³-hybridized carbons (Fsp3) is 0.250. The maximum absolute atomic E-state index is 4.71. The van der Waals surface area contributed by atoms with Crippen molar-refractivity contribution in [2.75, 3.05) is 0 Å². The Morgan fingerprint density at radius 1 is 1.05 bits per heavy atom. The lowest BCUT2D eigenvalue weighted by atomic mass is 10.1. The number of rotatable bonds is 2. The number of thiazole rings is 1. The summed E-state index contributed by atoms with van der Waals surface area (Å²) in [6.07, 6.45) is 1.92. The van der Waals surface area contributed by atoms with E-state index in [0.29, 0.717) is 5.92 Å². The molecule has 19 heavy (non-hydrogen) atoms. The fourth-order valence-corrected chi connectivity index (χ4v) is 2.96. The van der Waals surface area contributed by atoms with Crippen LogP contribution in [0.4, 0.5) is 0 Å². The number of nitrogens with zero attached hydrogens (tertiary/aromatic N) is 2. The van der Waals surface area contributed by atoms with Gasteiger partial charge in [-0.3, -0.25) is 4.98 Å². The topological polar surface area (TPSA) is 25.8 Å². The van der Waals surface area contributed by atoms with E-state index in [1.54, 1.807) is 11.3 Å². The molecule has 0 bridgehead atoms. The van der Waals surface area contributed by atoms with Crippen LogP contribution in [0.2, 0.25) is 0 Å². The zero-order chi connectivity index (χ0) is 13.4. The maximum atomic E-state index is 4.71. The molecule has 0 aliphatic rings. The third-order valence-corrected chi connectivity index (χ3v) is 4.48. The lowest BCUT2D eigenvalue weighted by Crippen LogP contribution is -1.84. The van der Waals surface area contributed by atoms with Gasteiger partial charge in [0.1, 0.15) is 0 Å². The van der Waals surface area contributed by atoms with Gasteiger partial charge in [0.25, 0.3) is 0 Å². The van der Waals surface area contributed by atoms with Gasteiger partial charge in [-0.25, -0.2) is 4.98 Å². The number of pyridine rings is 1. The van der Waals surface area contributed by atoms with E-state index in [-0.39, 0.29) is 0 Å². The Bertz CT molecular complexity index is 711. The first kappa shape index (κ1) is 12.3. The molecule has 0 amide bonds. The SMILES string of the molecule is Cc1ccc(-c2ccc3sc(C(C)C)nc3c2)cn1. The third kappa shape index (κ3) is 2.38. The summed E-state index contributed by atoms with van der Waals surface area (Å²) >= 11 is 1.78. The molecule has 3 heteroatoms. The predicted octanol–water partition coefficient (Wildman–Crippen LogP) is 4.79. The Morgan fingerprint density at radius 3 is 2.53 bits per heavy atom. The molecule has 0 unspecified atom stereocenters. The molecule has 0 fully saturated rings. The average molecular weight is 268 g/mol. The zero-order valence-electron chi connectivity index (χ0n) is 11.3. The molecule has 0 saturated carbocycles. The normalized spacial score (nSPS) is 11.4. The summed E-state index contributed by atoms with van der Waals surface area (Å²) in [7, 11) is 0. The van der Waals surface area contributed by atoms with Crippen LogP contribution in [0.15, 0.2) is 36.5 Å². The van der Waals surface area contributed by atoms with Gasteiger partial charge in [-0.05, 0) is 30.7 Å². The monoisotopic (exact) mass is 268 g/mol. The summed E-state index contributed by atoms with van der Waals surface area (Å²) in [5.74, 6) is 0.488. The number of hydrogen-bond acceptors (Lipinski definition) is 3. The number of aromatic nitrogens is 2. The van der Waals surface area contributed by atoms with Crippen LogP contribution in [0.5, 0.6) is 0 Å². The van der Waals surface area contributed by atoms with E-state index in [0.717, 1.165) is 16.8 Å². The summed E-state index contributed by atoms with van der Waals surface area (Å²) in [4.78, 5) is 9.07. The number of benzene rings is 1. The zero-order valence-corrected chi connectivity index (χ0v) is 12.2. The summed E-state index contributed by atoms with van der Waals surface area (Å²) in [6, 6.07) is 10.6. The number of fused-ring (bicyclic) bond motifs is 1. The predicted molar refractivity (Wildman–Crippen MR) is 81.7 cm³/mol. The molecule has 2 aromatic heterocycles. The molecule has 1 aromatic carbocycles. The third-order valence-electron chi connectivity index (χ3n) is 3.14. The van der Waals surface area contributed by atoms with Gasteiger partial charge in [-0.15, -0.1) is 11.3 Å². The van der Waals surface area contributed by atoms with Crippen molar-refractivity contribution in [2.45, 2.75) is 26.7 Å². The van der Waals surface area contributed by atoms with Crippen molar-refractivity contribution in [1.29, 1.82) is 0 Å². The van der Waals surface area contributed by atoms with Crippen molar-refractivity contribution >= 4 is 21.6 Å². The Labute approximate surface area is 117 Å². The molecule has 0 spiro atoms. The van der Waals surface area contributed by atoms with Gasteiger partial charge in [-0.2, -0.15) is 0 Å². The van der Waals surface area contributed by atoms with Crippen LogP contribution < -0.4 is 0 Å². The fourth-order valence-electron chi connectivity index (χ4n) is 2.01. The number of hydrogen-bond donors (Lipinski definition) is 0. The van der Waals surface area contributed by atoms with Gasteiger partial charge in [0.05, 0.1) is 15.2 Å². The second-order valence-electron chi connectivity index (χ2n) is 5.08. The Balaban J connectivity index is 2.08. The second kappa shape index (κ2) is 4.74. The van der Waals surface area contributed by atoms with E-state index in [1.807, 2.05) is 19.2 Å². The summed E-state index contributed by atoms with van der Waals surface area (Å²) in [5, 5.41) is 1.20. The quantitative estimate of drug-likeness (QED) is 0.667.